The third-order valence-electron chi connectivity index (χ3n) is 5.83. The summed E-state index contributed by atoms with van der Waals surface area (Å²) in [5.41, 5.74) is 3.48. The Morgan fingerprint density at radius 1 is 1.06 bits per heavy atom. The molecule has 5 rings (SSSR count). The van der Waals surface area contributed by atoms with Crippen LogP contribution in [-0.2, 0) is 16.4 Å². The minimum absolute atomic E-state index is 0.0643. The van der Waals surface area contributed by atoms with Gasteiger partial charge in [-0.25, -0.2) is 28.1 Å². The predicted molar refractivity (Wildman–Crippen MR) is 118 cm³/mol. The van der Waals surface area contributed by atoms with Gasteiger partial charge in [0.15, 0.2) is 0 Å². The Kier molecular flexibility index (Phi) is 5.23. The Balaban J connectivity index is 1.32. The van der Waals surface area contributed by atoms with E-state index in [0.29, 0.717) is 5.95 Å². The monoisotopic (exact) mass is 438 g/mol. The zero-order valence-electron chi connectivity index (χ0n) is 17.4. The number of aromatic amines is 1. The maximum absolute atomic E-state index is 12.5. The third kappa shape index (κ3) is 4.62. The highest BCUT2D eigenvalue weighted by atomic mass is 32.2. The zero-order chi connectivity index (χ0) is 21.4. The van der Waals surface area contributed by atoms with E-state index in [1.165, 1.54) is 12.8 Å². The van der Waals surface area contributed by atoms with Gasteiger partial charge >= 0.3 is 0 Å². The van der Waals surface area contributed by atoms with E-state index in [-0.39, 0.29) is 10.9 Å². The van der Waals surface area contributed by atoms with E-state index in [9.17, 15) is 8.42 Å². The van der Waals surface area contributed by atoms with E-state index < -0.39 is 10.0 Å². The molecule has 0 atom stereocenters. The van der Waals surface area contributed by atoms with Crippen molar-refractivity contribution in [3.05, 3.63) is 48.0 Å². The van der Waals surface area contributed by atoms with Gasteiger partial charge in [0, 0.05) is 23.6 Å². The average Bonchev–Trinajstić information content (AvgIpc) is 3.46. The minimum Gasteiger partial charge on any atom is -0.346 e. The molecule has 162 valence electrons. The van der Waals surface area contributed by atoms with Gasteiger partial charge < -0.3 is 10.3 Å². The highest BCUT2D eigenvalue weighted by Crippen LogP contribution is 2.34. The van der Waals surface area contributed by atoms with Crippen LogP contribution in [0.25, 0.3) is 11.4 Å². The van der Waals surface area contributed by atoms with Crippen molar-refractivity contribution < 1.29 is 8.42 Å². The number of benzene rings is 1. The summed E-state index contributed by atoms with van der Waals surface area (Å²) in [6, 6.07) is 8.56. The maximum atomic E-state index is 12.5. The molecule has 3 aromatic rings. The number of rotatable bonds is 8. The molecule has 31 heavy (non-hydrogen) atoms. The first-order chi connectivity index (χ1) is 15.0. The Hall–Kier alpha value is -2.78. The Morgan fingerprint density at radius 2 is 1.84 bits per heavy atom. The molecular formula is C22H26N6O2S. The molecule has 2 aliphatic carbocycles. The topological polar surface area (TPSA) is 113 Å². The van der Waals surface area contributed by atoms with Crippen molar-refractivity contribution in [1.29, 1.82) is 0 Å². The summed E-state index contributed by atoms with van der Waals surface area (Å²) < 4.78 is 27.7. The van der Waals surface area contributed by atoms with Gasteiger partial charge in [0.05, 0.1) is 10.6 Å². The van der Waals surface area contributed by atoms with Crippen LogP contribution in [0.4, 0.5) is 11.6 Å². The molecule has 0 bridgehead atoms. The number of hydrogen-bond donors (Lipinski definition) is 3. The summed E-state index contributed by atoms with van der Waals surface area (Å²) >= 11 is 0. The van der Waals surface area contributed by atoms with Gasteiger partial charge in [0.25, 0.3) is 0 Å². The number of anilines is 2. The molecule has 0 aliphatic heterocycles. The van der Waals surface area contributed by atoms with E-state index in [1.54, 1.807) is 30.5 Å². The minimum atomic E-state index is -3.48. The van der Waals surface area contributed by atoms with E-state index in [2.05, 4.69) is 30.0 Å². The Labute approximate surface area is 182 Å². The molecular weight excluding hydrogens is 412 g/mol. The average molecular weight is 439 g/mol. The number of hydrogen-bond acceptors (Lipinski definition) is 6. The lowest BCUT2D eigenvalue weighted by molar-refractivity contribution is 0.383. The summed E-state index contributed by atoms with van der Waals surface area (Å²) in [6.07, 6.45) is 8.14. The second-order valence-electron chi connectivity index (χ2n) is 8.46. The predicted octanol–water partition coefficient (Wildman–Crippen LogP) is 3.70. The first kappa shape index (κ1) is 20.1. The van der Waals surface area contributed by atoms with Gasteiger partial charge in [0.2, 0.25) is 16.0 Å². The van der Waals surface area contributed by atoms with E-state index in [4.69, 9.17) is 0 Å². The fourth-order valence-electron chi connectivity index (χ4n) is 3.72. The van der Waals surface area contributed by atoms with Crippen molar-refractivity contribution in [1.82, 2.24) is 24.7 Å². The van der Waals surface area contributed by atoms with Gasteiger partial charge in [-0.3, -0.25) is 0 Å². The third-order valence-corrected chi connectivity index (χ3v) is 7.37. The van der Waals surface area contributed by atoms with E-state index >= 15 is 0 Å². The van der Waals surface area contributed by atoms with Crippen molar-refractivity contribution in [2.75, 3.05) is 5.32 Å². The molecule has 2 fully saturated rings. The molecule has 0 radical (unpaired) electrons. The zero-order valence-corrected chi connectivity index (χ0v) is 18.2. The summed E-state index contributed by atoms with van der Waals surface area (Å²) in [7, 11) is -3.48. The van der Waals surface area contributed by atoms with E-state index in [0.717, 1.165) is 60.2 Å². The van der Waals surface area contributed by atoms with Crippen molar-refractivity contribution in [3.63, 3.8) is 0 Å². The van der Waals surface area contributed by atoms with Crippen LogP contribution < -0.4 is 10.0 Å². The highest BCUT2D eigenvalue weighted by Gasteiger charge is 2.26. The SMILES string of the molecule is Cc1nc(-c2ccnc(Nc3ccc(S(=O)(=O)NC4CCC4)cc3)n2)c(CC2CC2)[nH]1. The van der Waals surface area contributed by atoms with Gasteiger partial charge in [-0.1, -0.05) is 6.42 Å². The fraction of sp³-hybridized carbons (Fsp3) is 0.409. The summed E-state index contributed by atoms with van der Waals surface area (Å²) in [4.78, 5) is 17.2. The lowest BCUT2D eigenvalue weighted by Crippen LogP contribution is -2.39. The molecule has 0 unspecified atom stereocenters. The number of H-pyrrole nitrogens is 1. The summed E-state index contributed by atoms with van der Waals surface area (Å²) in [5.74, 6) is 2.07. The first-order valence-electron chi connectivity index (χ1n) is 10.7. The van der Waals surface area contributed by atoms with Gasteiger partial charge in [0.1, 0.15) is 11.5 Å². The second-order valence-corrected chi connectivity index (χ2v) is 10.2. The Morgan fingerprint density at radius 3 is 2.52 bits per heavy atom. The molecule has 2 aliphatic rings. The number of imidazole rings is 1. The molecule has 2 heterocycles. The van der Waals surface area contributed by atoms with Gasteiger partial charge in [-0.2, -0.15) is 0 Å². The Bertz CT molecular complexity index is 1180. The number of aryl methyl sites for hydroxylation is 1. The van der Waals surface area contributed by atoms with Crippen LogP contribution in [0.15, 0.2) is 41.4 Å². The van der Waals surface area contributed by atoms with Crippen LogP contribution >= 0.6 is 0 Å². The molecule has 1 aromatic carbocycles. The summed E-state index contributed by atoms with van der Waals surface area (Å²) in [5, 5.41) is 3.16. The van der Waals surface area contributed by atoms with Crippen molar-refractivity contribution in [2.45, 2.75) is 56.4 Å². The highest BCUT2D eigenvalue weighted by molar-refractivity contribution is 7.89. The van der Waals surface area contributed by atoms with Crippen LogP contribution in [-0.4, -0.2) is 34.4 Å². The molecule has 9 heteroatoms. The van der Waals surface area contributed by atoms with Crippen LogP contribution in [0.2, 0.25) is 0 Å². The normalized spacial score (nSPS) is 16.8. The van der Waals surface area contributed by atoms with Crippen LogP contribution in [0.5, 0.6) is 0 Å². The maximum Gasteiger partial charge on any atom is 0.240 e. The van der Waals surface area contributed by atoms with E-state index in [1.807, 2.05) is 13.0 Å². The van der Waals surface area contributed by atoms with Gasteiger partial charge in [-0.05, 0) is 75.3 Å². The lowest BCUT2D eigenvalue weighted by atomic mass is 9.94. The number of aromatic nitrogens is 4. The molecule has 2 aromatic heterocycles. The van der Waals surface area contributed by atoms with Crippen molar-refractivity contribution >= 4 is 21.7 Å². The smallest absolute Gasteiger partial charge is 0.240 e. The second kappa shape index (κ2) is 8.05. The number of nitrogens with one attached hydrogen (secondary N) is 3. The molecule has 0 saturated heterocycles. The molecule has 0 amide bonds. The summed E-state index contributed by atoms with van der Waals surface area (Å²) in [6.45, 7) is 1.95. The fourth-order valence-corrected chi connectivity index (χ4v) is 5.03. The molecule has 2 saturated carbocycles. The van der Waals surface area contributed by atoms with Crippen molar-refractivity contribution in [2.24, 2.45) is 5.92 Å². The largest absolute Gasteiger partial charge is 0.346 e. The van der Waals surface area contributed by atoms with Crippen LogP contribution in [0.1, 0.15) is 43.6 Å². The van der Waals surface area contributed by atoms with Crippen molar-refractivity contribution in [3.8, 4) is 11.4 Å². The number of nitrogens with zero attached hydrogens (tertiary/aromatic N) is 3. The molecule has 0 spiro atoms. The molecule has 3 N–H and O–H groups in total. The lowest BCUT2D eigenvalue weighted by Gasteiger charge is -2.26. The van der Waals surface area contributed by atoms with Crippen LogP contribution in [0.3, 0.4) is 0 Å². The number of sulfonamides is 1. The first-order valence-corrected chi connectivity index (χ1v) is 12.2. The quantitative estimate of drug-likeness (QED) is 0.494. The van der Waals surface area contributed by atoms with Gasteiger partial charge in [-0.15, -0.1) is 0 Å². The standard InChI is InChI=1S/C22H26N6O2S/c1-14-24-20(13-15-5-6-15)21(25-14)19-11-12-23-22(27-19)26-16-7-9-18(10-8-16)31(29,30)28-17-3-2-4-17/h7-12,15,17,28H,2-6,13H2,1H3,(H,24,25)(H,23,26,27). The molecule has 8 nitrogen and oxygen atoms in total. The van der Waals surface area contributed by atoms with Crippen LogP contribution in [0, 0.1) is 12.8 Å².